The Balaban J connectivity index is 1.70. The van der Waals surface area contributed by atoms with Gasteiger partial charge in [0.15, 0.2) is 0 Å². The van der Waals surface area contributed by atoms with Crippen LogP contribution in [0.1, 0.15) is 33.6 Å². The Hall–Kier alpha value is -2.00. The number of hydrogen-bond donors (Lipinski definition) is 1. The molecule has 0 aromatic carbocycles. The van der Waals surface area contributed by atoms with E-state index in [1.165, 1.54) is 4.90 Å². The largest absolute Gasteiger partial charge is 0.481 e. The normalized spacial score (nSPS) is 25.9. The predicted molar refractivity (Wildman–Crippen MR) is 85.7 cm³/mol. The zero-order chi connectivity index (χ0) is 20.4. The number of nitrogens with zero attached hydrogens (tertiary/aromatic N) is 2. The smallest absolute Gasteiger partial charge is 0.410 e. The molecule has 0 radical (unpaired) electrons. The van der Waals surface area contributed by atoms with E-state index in [1.807, 2.05) is 0 Å². The van der Waals surface area contributed by atoms with E-state index in [1.54, 1.807) is 20.8 Å². The fourth-order valence-corrected chi connectivity index (χ4v) is 4.00. The second kappa shape index (κ2) is 5.75. The van der Waals surface area contributed by atoms with E-state index >= 15 is 0 Å². The Morgan fingerprint density at radius 3 is 1.96 bits per heavy atom. The highest BCUT2D eigenvalue weighted by molar-refractivity contribution is 5.88. The second-order valence-corrected chi connectivity index (χ2v) is 8.86. The molecule has 7 nitrogen and oxygen atoms in total. The molecule has 0 aromatic rings. The van der Waals surface area contributed by atoms with E-state index in [2.05, 4.69) is 0 Å². The van der Waals surface area contributed by atoms with E-state index in [0.717, 1.165) is 4.90 Å². The molecular weight excluding hydrogens is 369 g/mol. The van der Waals surface area contributed by atoms with Crippen LogP contribution in [0.2, 0.25) is 0 Å². The Bertz CT molecular complexity index is 675. The molecule has 3 fully saturated rings. The van der Waals surface area contributed by atoms with Gasteiger partial charge < -0.3 is 19.6 Å². The lowest BCUT2D eigenvalue weighted by molar-refractivity contribution is -0.206. The standard InChI is InChI=1S/C17H23F3N2O5/c1-14(2,3)27-13(26)21-6-10(11(23)24)15(7-21)8-22(9-15)12(25)16(4-5-16)17(18,19)20/h10H,4-9H2,1-3H3,(H,23,24). The Morgan fingerprint density at radius 2 is 1.56 bits per heavy atom. The minimum Gasteiger partial charge on any atom is -0.481 e. The van der Waals surface area contributed by atoms with Gasteiger partial charge in [-0.2, -0.15) is 13.2 Å². The maximum Gasteiger partial charge on any atom is 0.410 e. The van der Waals surface area contributed by atoms with Crippen molar-refractivity contribution in [2.45, 2.75) is 45.4 Å². The first kappa shape index (κ1) is 19.8. The van der Waals surface area contributed by atoms with Crippen LogP contribution in [-0.4, -0.2) is 70.8 Å². The zero-order valence-corrected chi connectivity index (χ0v) is 15.4. The van der Waals surface area contributed by atoms with Crippen LogP contribution in [0.3, 0.4) is 0 Å². The van der Waals surface area contributed by atoms with Crippen LogP contribution >= 0.6 is 0 Å². The minimum absolute atomic E-state index is 0.0433. The molecule has 3 rings (SSSR count). The minimum atomic E-state index is -4.60. The van der Waals surface area contributed by atoms with E-state index in [4.69, 9.17) is 4.74 Å². The number of aliphatic carboxylic acids is 1. The molecule has 1 spiro atoms. The number of alkyl halides is 3. The molecular formula is C17H23F3N2O5. The molecule has 2 saturated heterocycles. The third kappa shape index (κ3) is 3.23. The third-order valence-corrected chi connectivity index (χ3v) is 5.60. The van der Waals surface area contributed by atoms with Crippen molar-refractivity contribution in [2.75, 3.05) is 26.2 Å². The summed E-state index contributed by atoms with van der Waals surface area (Å²) in [6.07, 6.45) is -5.72. The first-order valence-electron chi connectivity index (χ1n) is 8.78. The highest BCUT2D eigenvalue weighted by Crippen LogP contribution is 2.60. The van der Waals surface area contributed by atoms with Gasteiger partial charge in [-0.25, -0.2) is 4.79 Å². The van der Waals surface area contributed by atoms with Crippen molar-refractivity contribution in [3.63, 3.8) is 0 Å². The summed E-state index contributed by atoms with van der Waals surface area (Å²) in [5.74, 6) is -3.07. The van der Waals surface area contributed by atoms with Gasteiger partial charge in [-0.15, -0.1) is 0 Å². The maximum absolute atomic E-state index is 13.2. The van der Waals surface area contributed by atoms with Gasteiger partial charge in [0, 0.05) is 31.6 Å². The highest BCUT2D eigenvalue weighted by Gasteiger charge is 2.71. The number of amides is 2. The monoisotopic (exact) mass is 392 g/mol. The molecule has 1 saturated carbocycles. The van der Waals surface area contributed by atoms with E-state index in [9.17, 15) is 32.7 Å². The fraction of sp³-hybridized carbons (Fsp3) is 0.824. The van der Waals surface area contributed by atoms with Gasteiger partial charge in [0.2, 0.25) is 5.91 Å². The van der Waals surface area contributed by atoms with Gasteiger partial charge in [0.05, 0.1) is 5.92 Å². The fourth-order valence-electron chi connectivity index (χ4n) is 4.00. The molecule has 2 amide bonds. The maximum atomic E-state index is 13.2. The summed E-state index contributed by atoms with van der Waals surface area (Å²) in [5.41, 5.74) is -3.99. The van der Waals surface area contributed by atoms with Crippen LogP contribution < -0.4 is 0 Å². The lowest BCUT2D eigenvalue weighted by Gasteiger charge is -2.50. The van der Waals surface area contributed by atoms with Crippen molar-refractivity contribution in [3.8, 4) is 0 Å². The summed E-state index contributed by atoms with van der Waals surface area (Å²) in [4.78, 5) is 38.6. The van der Waals surface area contributed by atoms with Crippen molar-refractivity contribution in [3.05, 3.63) is 0 Å². The van der Waals surface area contributed by atoms with Gasteiger partial charge in [0.25, 0.3) is 0 Å². The number of halogens is 3. The first-order chi connectivity index (χ1) is 12.2. The number of carboxylic acid groups (broad SMARTS) is 1. The van der Waals surface area contributed by atoms with Gasteiger partial charge in [-0.1, -0.05) is 0 Å². The van der Waals surface area contributed by atoms with Crippen molar-refractivity contribution < 1.29 is 37.4 Å². The topological polar surface area (TPSA) is 87.2 Å². The van der Waals surface area contributed by atoms with Crippen molar-refractivity contribution in [2.24, 2.45) is 16.7 Å². The second-order valence-electron chi connectivity index (χ2n) is 8.86. The molecule has 2 aliphatic heterocycles. The highest BCUT2D eigenvalue weighted by atomic mass is 19.4. The Morgan fingerprint density at radius 1 is 1.04 bits per heavy atom. The van der Waals surface area contributed by atoms with Gasteiger partial charge in [-0.05, 0) is 33.6 Å². The van der Waals surface area contributed by atoms with Gasteiger partial charge in [-0.3, -0.25) is 9.59 Å². The molecule has 0 bridgehead atoms. The number of hydrogen-bond acceptors (Lipinski definition) is 4. The number of ether oxygens (including phenoxy) is 1. The van der Waals surface area contributed by atoms with Gasteiger partial charge in [0.1, 0.15) is 11.0 Å². The number of likely N-dealkylation sites (tertiary alicyclic amines) is 2. The van der Waals surface area contributed by atoms with Crippen molar-refractivity contribution in [1.82, 2.24) is 9.80 Å². The summed E-state index contributed by atoms with van der Waals surface area (Å²) in [6.45, 7) is 4.81. The molecule has 27 heavy (non-hydrogen) atoms. The summed E-state index contributed by atoms with van der Waals surface area (Å²) in [7, 11) is 0. The van der Waals surface area contributed by atoms with Crippen LogP contribution in [0.5, 0.6) is 0 Å². The third-order valence-electron chi connectivity index (χ3n) is 5.60. The summed E-state index contributed by atoms with van der Waals surface area (Å²) >= 11 is 0. The average molecular weight is 392 g/mol. The molecule has 2 heterocycles. The molecule has 152 valence electrons. The van der Waals surface area contributed by atoms with Crippen LogP contribution in [0.15, 0.2) is 0 Å². The summed E-state index contributed by atoms with van der Waals surface area (Å²) in [5, 5.41) is 9.51. The van der Waals surface area contributed by atoms with E-state index in [-0.39, 0.29) is 39.0 Å². The lowest BCUT2D eigenvalue weighted by Crippen LogP contribution is -2.65. The molecule has 10 heteroatoms. The van der Waals surface area contributed by atoms with Crippen LogP contribution in [-0.2, 0) is 14.3 Å². The van der Waals surface area contributed by atoms with Crippen LogP contribution in [0.25, 0.3) is 0 Å². The van der Waals surface area contributed by atoms with Crippen LogP contribution in [0, 0.1) is 16.7 Å². The SMILES string of the molecule is CC(C)(C)OC(=O)N1CC(C(=O)O)C2(C1)CN(C(=O)C1(C(F)(F)F)CC1)C2. The number of carbonyl (C=O) groups excluding carboxylic acids is 2. The zero-order valence-electron chi connectivity index (χ0n) is 15.4. The molecule has 1 atom stereocenters. The first-order valence-corrected chi connectivity index (χ1v) is 8.78. The molecule has 1 aliphatic carbocycles. The average Bonchev–Trinajstić information content (AvgIpc) is 3.16. The summed E-state index contributed by atoms with van der Waals surface area (Å²) < 4.78 is 44.7. The number of carboxylic acids is 1. The predicted octanol–water partition coefficient (Wildman–Crippen LogP) is 2.11. The quantitative estimate of drug-likeness (QED) is 0.778. The number of rotatable bonds is 2. The number of carbonyl (C=O) groups is 3. The van der Waals surface area contributed by atoms with E-state index in [0.29, 0.717) is 0 Å². The lowest BCUT2D eigenvalue weighted by atomic mass is 9.71. The molecule has 1 unspecified atom stereocenters. The Kier molecular flexibility index (Phi) is 4.20. The van der Waals surface area contributed by atoms with E-state index < -0.39 is 46.5 Å². The van der Waals surface area contributed by atoms with Gasteiger partial charge >= 0.3 is 18.2 Å². The Labute approximate surface area is 154 Å². The van der Waals surface area contributed by atoms with Crippen LogP contribution in [0.4, 0.5) is 18.0 Å². The molecule has 3 aliphatic rings. The molecule has 1 N–H and O–H groups in total. The van der Waals surface area contributed by atoms with Crippen molar-refractivity contribution >= 4 is 18.0 Å². The van der Waals surface area contributed by atoms with Crippen molar-refractivity contribution in [1.29, 1.82) is 0 Å². The molecule has 0 aromatic heterocycles. The summed E-state index contributed by atoms with van der Waals surface area (Å²) in [6, 6.07) is 0.